The summed E-state index contributed by atoms with van der Waals surface area (Å²) in [7, 11) is 0. The number of allylic oxidation sites excluding steroid dienone is 2. The second-order valence-corrected chi connectivity index (χ2v) is 7.83. The van der Waals surface area contributed by atoms with Crippen molar-refractivity contribution in [1.29, 1.82) is 0 Å². The van der Waals surface area contributed by atoms with E-state index in [-0.39, 0.29) is 24.0 Å². The van der Waals surface area contributed by atoms with E-state index >= 15 is 0 Å². The molecule has 0 spiro atoms. The average Bonchev–Trinajstić information content (AvgIpc) is 3.36. The predicted molar refractivity (Wildman–Crippen MR) is 113 cm³/mol. The zero-order valence-electron chi connectivity index (χ0n) is 17.1. The van der Waals surface area contributed by atoms with Crippen LogP contribution in [0.25, 0.3) is 0 Å². The van der Waals surface area contributed by atoms with Gasteiger partial charge in [0.2, 0.25) is 0 Å². The number of rotatable bonds is 11. The van der Waals surface area contributed by atoms with E-state index in [1.807, 2.05) is 42.5 Å². The normalized spacial score (nSPS) is 23.0. The number of H-pyrrole nitrogens is 1. The number of nitrogens with one attached hydrogen (secondary N) is 1. The van der Waals surface area contributed by atoms with Crippen molar-refractivity contribution < 1.29 is 15.0 Å². The summed E-state index contributed by atoms with van der Waals surface area (Å²) in [5.74, 6) is 0.319. The number of tetrazole rings is 1. The molecule has 3 rings (SSSR count). The number of hydrogen-bond acceptors (Lipinski definition) is 6. The lowest BCUT2D eigenvalue weighted by Gasteiger charge is -2.16. The third-order valence-electron chi connectivity index (χ3n) is 5.58. The molecule has 1 aliphatic carbocycles. The van der Waals surface area contributed by atoms with Crippen LogP contribution in [0.2, 0.25) is 0 Å². The SMILES string of the molecule is O=C1CC(O)C(C=CC(O)CCc2ccccc2)C1CC=CCCCc1nn[nH]n1. The second kappa shape index (κ2) is 11.5. The Labute approximate surface area is 176 Å². The average molecular weight is 411 g/mol. The van der Waals surface area contributed by atoms with Crippen molar-refractivity contribution in [2.24, 2.45) is 11.8 Å². The quantitative estimate of drug-likeness (QED) is 0.388. The first-order valence-electron chi connectivity index (χ1n) is 10.6. The molecule has 1 aromatic carbocycles. The number of hydrogen-bond donors (Lipinski definition) is 3. The molecule has 7 heteroatoms. The van der Waals surface area contributed by atoms with Gasteiger partial charge in [0.15, 0.2) is 5.82 Å². The minimum atomic E-state index is -0.674. The number of aliphatic hydroxyl groups excluding tert-OH is 2. The van der Waals surface area contributed by atoms with Crippen molar-refractivity contribution in [3.63, 3.8) is 0 Å². The molecule has 30 heavy (non-hydrogen) atoms. The Morgan fingerprint density at radius 3 is 2.80 bits per heavy atom. The molecule has 4 atom stereocenters. The maximum atomic E-state index is 12.3. The van der Waals surface area contributed by atoms with Crippen LogP contribution >= 0.6 is 0 Å². The van der Waals surface area contributed by atoms with E-state index in [0.29, 0.717) is 18.7 Å². The van der Waals surface area contributed by atoms with Gasteiger partial charge in [-0.2, -0.15) is 5.21 Å². The summed E-state index contributed by atoms with van der Waals surface area (Å²) in [6.07, 6.45) is 11.1. The molecule has 0 aliphatic heterocycles. The van der Waals surface area contributed by atoms with Gasteiger partial charge in [0.1, 0.15) is 5.78 Å². The summed E-state index contributed by atoms with van der Waals surface area (Å²) in [6, 6.07) is 10.0. The molecular weight excluding hydrogens is 380 g/mol. The molecular formula is C23H30N4O3. The number of Topliss-reactive ketones (excluding diaryl/α,β-unsaturated/α-hetero) is 1. The van der Waals surface area contributed by atoms with E-state index in [1.54, 1.807) is 6.08 Å². The highest BCUT2D eigenvalue weighted by molar-refractivity contribution is 5.84. The fraction of sp³-hybridized carbons (Fsp3) is 0.478. The summed E-state index contributed by atoms with van der Waals surface area (Å²) in [6.45, 7) is 0. The zero-order chi connectivity index (χ0) is 21.2. The smallest absolute Gasteiger partial charge is 0.174 e. The number of aryl methyl sites for hydroxylation is 2. The van der Waals surface area contributed by atoms with Crippen LogP contribution in [0, 0.1) is 11.8 Å². The van der Waals surface area contributed by atoms with Crippen LogP contribution in [-0.4, -0.2) is 48.8 Å². The van der Waals surface area contributed by atoms with Gasteiger partial charge < -0.3 is 10.2 Å². The molecule has 1 heterocycles. The molecule has 7 nitrogen and oxygen atoms in total. The van der Waals surface area contributed by atoms with E-state index < -0.39 is 12.2 Å². The van der Waals surface area contributed by atoms with E-state index in [4.69, 9.17) is 0 Å². The number of unbranched alkanes of at least 4 members (excludes halogenated alkanes) is 1. The van der Waals surface area contributed by atoms with Crippen LogP contribution in [0.15, 0.2) is 54.6 Å². The van der Waals surface area contributed by atoms with Crippen molar-refractivity contribution in [3.8, 4) is 0 Å². The molecule has 4 unspecified atom stereocenters. The lowest BCUT2D eigenvalue weighted by Crippen LogP contribution is -2.19. The van der Waals surface area contributed by atoms with Crippen LogP contribution in [0.3, 0.4) is 0 Å². The molecule has 1 saturated carbocycles. The maximum absolute atomic E-state index is 12.3. The number of aromatic nitrogens is 4. The monoisotopic (exact) mass is 410 g/mol. The molecule has 3 N–H and O–H groups in total. The minimum absolute atomic E-state index is 0.0902. The Morgan fingerprint density at radius 2 is 2.03 bits per heavy atom. The Morgan fingerprint density at radius 1 is 1.20 bits per heavy atom. The van der Waals surface area contributed by atoms with Gasteiger partial charge in [-0.25, -0.2) is 0 Å². The number of carbonyl (C=O) groups excluding carboxylic acids is 1. The van der Waals surface area contributed by atoms with Crippen LogP contribution in [0.1, 0.15) is 43.5 Å². The summed E-state index contributed by atoms with van der Waals surface area (Å²) >= 11 is 0. The van der Waals surface area contributed by atoms with E-state index in [9.17, 15) is 15.0 Å². The molecule has 1 aromatic heterocycles. The van der Waals surface area contributed by atoms with Gasteiger partial charge in [-0.15, -0.1) is 10.2 Å². The Hall–Kier alpha value is -2.64. The van der Waals surface area contributed by atoms with Crippen molar-refractivity contribution in [3.05, 3.63) is 66.0 Å². The fourth-order valence-corrected chi connectivity index (χ4v) is 3.87. The maximum Gasteiger partial charge on any atom is 0.174 e. The number of carbonyl (C=O) groups is 1. The van der Waals surface area contributed by atoms with Crippen molar-refractivity contribution >= 4 is 5.78 Å². The van der Waals surface area contributed by atoms with E-state index in [1.165, 1.54) is 5.56 Å². The van der Waals surface area contributed by atoms with Crippen molar-refractivity contribution in [2.45, 2.75) is 57.2 Å². The minimum Gasteiger partial charge on any atom is -0.392 e. The van der Waals surface area contributed by atoms with Crippen molar-refractivity contribution in [1.82, 2.24) is 20.6 Å². The van der Waals surface area contributed by atoms with Crippen LogP contribution < -0.4 is 0 Å². The molecule has 0 amide bonds. The number of benzene rings is 1. The van der Waals surface area contributed by atoms with Crippen LogP contribution in [-0.2, 0) is 17.6 Å². The summed E-state index contributed by atoms with van der Waals surface area (Å²) in [5, 5.41) is 34.4. The lowest BCUT2D eigenvalue weighted by atomic mass is 9.90. The highest BCUT2D eigenvalue weighted by atomic mass is 16.3. The van der Waals surface area contributed by atoms with Crippen LogP contribution in [0.5, 0.6) is 0 Å². The van der Waals surface area contributed by atoms with Gasteiger partial charge in [-0.3, -0.25) is 4.79 Å². The van der Waals surface area contributed by atoms with Gasteiger partial charge in [0, 0.05) is 24.7 Å². The lowest BCUT2D eigenvalue weighted by molar-refractivity contribution is -0.121. The molecule has 160 valence electrons. The molecule has 1 fully saturated rings. The van der Waals surface area contributed by atoms with Crippen molar-refractivity contribution in [2.75, 3.05) is 0 Å². The Bertz CT molecular complexity index is 820. The fourth-order valence-electron chi connectivity index (χ4n) is 3.87. The highest BCUT2D eigenvalue weighted by Gasteiger charge is 2.39. The van der Waals surface area contributed by atoms with Gasteiger partial charge in [0.05, 0.1) is 12.2 Å². The van der Waals surface area contributed by atoms with Gasteiger partial charge in [-0.05, 0) is 37.7 Å². The number of nitrogens with zero attached hydrogens (tertiary/aromatic N) is 3. The summed E-state index contributed by atoms with van der Waals surface area (Å²) < 4.78 is 0. The Kier molecular flexibility index (Phi) is 8.47. The van der Waals surface area contributed by atoms with Crippen LogP contribution in [0.4, 0.5) is 0 Å². The molecule has 1 aliphatic rings. The van der Waals surface area contributed by atoms with Gasteiger partial charge in [-0.1, -0.05) is 59.8 Å². The highest BCUT2D eigenvalue weighted by Crippen LogP contribution is 2.33. The Balaban J connectivity index is 1.44. The first-order valence-corrected chi connectivity index (χ1v) is 10.6. The molecule has 0 radical (unpaired) electrons. The molecule has 2 aromatic rings. The van der Waals surface area contributed by atoms with Gasteiger partial charge >= 0.3 is 0 Å². The van der Waals surface area contributed by atoms with Gasteiger partial charge in [0.25, 0.3) is 0 Å². The predicted octanol–water partition coefficient (Wildman–Crippen LogP) is 2.58. The first-order chi connectivity index (χ1) is 14.6. The topological polar surface area (TPSA) is 112 Å². The first kappa shape index (κ1) is 22.1. The third-order valence-corrected chi connectivity index (χ3v) is 5.58. The summed E-state index contributed by atoms with van der Waals surface area (Å²) in [5.41, 5.74) is 1.18. The second-order valence-electron chi connectivity index (χ2n) is 7.83. The standard InChI is InChI=1S/C23H30N4O3/c28-18(13-12-17-8-4-3-5-9-17)14-15-20-19(21(29)16-22(20)30)10-6-1-2-7-11-23-24-26-27-25-23/h1,3-6,8-9,14-15,18-20,22,28,30H,2,7,10-13,16H2,(H,24,25,26,27). The zero-order valence-corrected chi connectivity index (χ0v) is 17.1. The van der Waals surface area contributed by atoms with E-state index in [0.717, 1.165) is 25.7 Å². The largest absolute Gasteiger partial charge is 0.392 e. The molecule has 0 bridgehead atoms. The third kappa shape index (κ3) is 6.71. The molecule has 0 saturated heterocycles. The number of aromatic amines is 1. The number of aliphatic hydroxyl groups is 2. The number of ketones is 1. The summed E-state index contributed by atoms with van der Waals surface area (Å²) in [4.78, 5) is 12.3. The van der Waals surface area contributed by atoms with E-state index in [2.05, 4.69) is 26.7 Å².